The van der Waals surface area contributed by atoms with Crippen LogP contribution in [0, 0.1) is 5.92 Å². The molecule has 3 N–H and O–H groups in total. The third kappa shape index (κ3) is 11.9. The van der Waals surface area contributed by atoms with Crippen molar-refractivity contribution in [2.24, 2.45) is 5.92 Å². The summed E-state index contributed by atoms with van der Waals surface area (Å²) >= 11 is 0. The minimum atomic E-state index is -0.719. The standard InChI is InChI=1S/C14H28O4/c1-12(9-10-15)11-13(16)7-5-3-2-4-6-8-14(17)18/h12-13,15-16H,2-11H2,1H3,(H,17,18). The monoisotopic (exact) mass is 260 g/mol. The Hall–Kier alpha value is -0.610. The highest BCUT2D eigenvalue weighted by atomic mass is 16.4. The summed E-state index contributed by atoms with van der Waals surface area (Å²) in [5, 5.41) is 27.0. The van der Waals surface area contributed by atoms with E-state index in [1.807, 2.05) is 6.92 Å². The second-order valence-corrected chi connectivity index (χ2v) is 5.21. The molecule has 0 bridgehead atoms. The number of hydrogen-bond acceptors (Lipinski definition) is 3. The van der Waals surface area contributed by atoms with Crippen molar-refractivity contribution in [1.29, 1.82) is 0 Å². The van der Waals surface area contributed by atoms with E-state index in [2.05, 4.69) is 0 Å². The number of carbonyl (C=O) groups is 1. The van der Waals surface area contributed by atoms with E-state index in [0.717, 1.165) is 51.4 Å². The van der Waals surface area contributed by atoms with Crippen LogP contribution in [0.15, 0.2) is 0 Å². The number of rotatable bonds is 12. The molecule has 4 heteroatoms. The normalized spacial score (nSPS) is 14.4. The number of unbranched alkanes of at least 4 members (excludes halogenated alkanes) is 4. The molecule has 0 heterocycles. The van der Waals surface area contributed by atoms with Gasteiger partial charge in [-0.05, 0) is 31.6 Å². The number of aliphatic carboxylic acids is 1. The van der Waals surface area contributed by atoms with E-state index < -0.39 is 5.97 Å². The quantitative estimate of drug-likeness (QED) is 0.471. The zero-order chi connectivity index (χ0) is 13.8. The van der Waals surface area contributed by atoms with Crippen LogP contribution in [-0.4, -0.2) is 34.0 Å². The van der Waals surface area contributed by atoms with Crippen LogP contribution in [0.25, 0.3) is 0 Å². The fourth-order valence-corrected chi connectivity index (χ4v) is 2.11. The Morgan fingerprint density at radius 2 is 1.67 bits per heavy atom. The van der Waals surface area contributed by atoms with E-state index >= 15 is 0 Å². The maximum absolute atomic E-state index is 10.3. The molecule has 0 aromatic carbocycles. The largest absolute Gasteiger partial charge is 0.481 e. The Kier molecular flexibility index (Phi) is 11.1. The van der Waals surface area contributed by atoms with Crippen molar-refractivity contribution in [3.63, 3.8) is 0 Å². The molecular weight excluding hydrogens is 232 g/mol. The van der Waals surface area contributed by atoms with Crippen molar-refractivity contribution in [1.82, 2.24) is 0 Å². The van der Waals surface area contributed by atoms with E-state index in [1.165, 1.54) is 0 Å². The third-order valence-electron chi connectivity index (χ3n) is 3.22. The van der Waals surface area contributed by atoms with Crippen molar-refractivity contribution in [3.8, 4) is 0 Å². The predicted octanol–water partition coefficient (Wildman–Crippen LogP) is 2.57. The smallest absolute Gasteiger partial charge is 0.303 e. The minimum absolute atomic E-state index is 0.192. The van der Waals surface area contributed by atoms with Crippen LogP contribution in [0.2, 0.25) is 0 Å². The average molecular weight is 260 g/mol. The zero-order valence-electron chi connectivity index (χ0n) is 11.5. The first-order valence-corrected chi connectivity index (χ1v) is 7.07. The van der Waals surface area contributed by atoms with Crippen LogP contribution in [0.1, 0.15) is 64.7 Å². The number of aliphatic hydroxyl groups is 2. The zero-order valence-corrected chi connectivity index (χ0v) is 11.5. The number of aliphatic hydroxyl groups excluding tert-OH is 2. The van der Waals surface area contributed by atoms with Gasteiger partial charge in [-0.25, -0.2) is 0 Å². The van der Waals surface area contributed by atoms with Gasteiger partial charge in [0, 0.05) is 13.0 Å². The highest BCUT2D eigenvalue weighted by molar-refractivity contribution is 5.66. The fraction of sp³-hybridized carbons (Fsp3) is 0.929. The molecule has 2 atom stereocenters. The van der Waals surface area contributed by atoms with Crippen molar-refractivity contribution in [2.75, 3.05) is 6.61 Å². The molecule has 0 rings (SSSR count). The van der Waals surface area contributed by atoms with Crippen LogP contribution >= 0.6 is 0 Å². The number of carboxylic acid groups (broad SMARTS) is 1. The number of carboxylic acids is 1. The van der Waals surface area contributed by atoms with Gasteiger partial charge in [-0.15, -0.1) is 0 Å². The van der Waals surface area contributed by atoms with Crippen LogP contribution in [0.5, 0.6) is 0 Å². The Bertz CT molecular complexity index is 206. The number of hydrogen-bond donors (Lipinski definition) is 3. The summed E-state index contributed by atoms with van der Waals surface area (Å²) in [6.07, 6.45) is 7.17. The molecule has 0 spiro atoms. The first-order chi connectivity index (χ1) is 8.56. The Balaban J connectivity index is 3.29. The summed E-state index contributed by atoms with van der Waals surface area (Å²) in [6.45, 7) is 2.24. The van der Waals surface area contributed by atoms with Crippen LogP contribution in [0.3, 0.4) is 0 Å². The van der Waals surface area contributed by atoms with Gasteiger partial charge in [-0.1, -0.05) is 32.6 Å². The molecule has 0 aromatic heterocycles. The lowest BCUT2D eigenvalue weighted by atomic mass is 9.97. The van der Waals surface area contributed by atoms with Gasteiger partial charge in [-0.2, -0.15) is 0 Å². The lowest BCUT2D eigenvalue weighted by molar-refractivity contribution is -0.137. The third-order valence-corrected chi connectivity index (χ3v) is 3.22. The highest BCUT2D eigenvalue weighted by Crippen LogP contribution is 2.15. The second kappa shape index (κ2) is 11.5. The van der Waals surface area contributed by atoms with Crippen LogP contribution < -0.4 is 0 Å². The van der Waals surface area contributed by atoms with Gasteiger partial charge in [0.25, 0.3) is 0 Å². The maximum Gasteiger partial charge on any atom is 0.303 e. The first-order valence-electron chi connectivity index (χ1n) is 7.07. The molecule has 0 aliphatic heterocycles. The van der Waals surface area contributed by atoms with Gasteiger partial charge < -0.3 is 15.3 Å². The predicted molar refractivity (Wildman–Crippen MR) is 71.4 cm³/mol. The van der Waals surface area contributed by atoms with Gasteiger partial charge in [0.2, 0.25) is 0 Å². The molecule has 0 saturated heterocycles. The minimum Gasteiger partial charge on any atom is -0.481 e. The van der Waals surface area contributed by atoms with Gasteiger partial charge >= 0.3 is 5.97 Å². The SMILES string of the molecule is CC(CCO)CC(O)CCCCCCCC(=O)O. The molecule has 4 nitrogen and oxygen atoms in total. The molecule has 0 aliphatic carbocycles. The summed E-state index contributed by atoms with van der Waals surface area (Å²) in [7, 11) is 0. The molecule has 0 fully saturated rings. The average Bonchev–Trinajstić information content (AvgIpc) is 2.27. The molecule has 108 valence electrons. The summed E-state index contributed by atoms with van der Waals surface area (Å²) in [5.41, 5.74) is 0. The molecule has 0 amide bonds. The fourth-order valence-electron chi connectivity index (χ4n) is 2.11. The Morgan fingerprint density at radius 1 is 1.06 bits per heavy atom. The Morgan fingerprint density at radius 3 is 2.28 bits per heavy atom. The first kappa shape index (κ1) is 17.4. The van der Waals surface area contributed by atoms with Crippen LogP contribution in [0.4, 0.5) is 0 Å². The van der Waals surface area contributed by atoms with Crippen molar-refractivity contribution >= 4 is 5.97 Å². The summed E-state index contributed by atoms with van der Waals surface area (Å²) in [5.74, 6) is -0.344. The Labute approximate surface area is 110 Å². The highest BCUT2D eigenvalue weighted by Gasteiger charge is 2.09. The molecule has 18 heavy (non-hydrogen) atoms. The van der Waals surface area contributed by atoms with Crippen molar-refractivity contribution < 1.29 is 20.1 Å². The second-order valence-electron chi connectivity index (χ2n) is 5.21. The van der Waals surface area contributed by atoms with E-state index in [1.54, 1.807) is 0 Å². The van der Waals surface area contributed by atoms with Gasteiger partial charge in [0.1, 0.15) is 0 Å². The summed E-state index contributed by atoms with van der Waals surface area (Å²) in [6, 6.07) is 0. The summed E-state index contributed by atoms with van der Waals surface area (Å²) < 4.78 is 0. The van der Waals surface area contributed by atoms with Crippen molar-refractivity contribution in [2.45, 2.75) is 70.8 Å². The van der Waals surface area contributed by atoms with E-state index in [-0.39, 0.29) is 19.1 Å². The lowest BCUT2D eigenvalue weighted by Crippen LogP contribution is -2.12. The molecule has 0 aromatic rings. The molecule has 0 saturated carbocycles. The van der Waals surface area contributed by atoms with Gasteiger partial charge in [-0.3, -0.25) is 4.79 Å². The topological polar surface area (TPSA) is 77.8 Å². The van der Waals surface area contributed by atoms with E-state index in [0.29, 0.717) is 5.92 Å². The van der Waals surface area contributed by atoms with Crippen LogP contribution in [-0.2, 0) is 4.79 Å². The molecular formula is C14H28O4. The molecule has 2 unspecified atom stereocenters. The van der Waals surface area contributed by atoms with E-state index in [9.17, 15) is 9.90 Å². The lowest BCUT2D eigenvalue weighted by Gasteiger charge is -2.15. The summed E-state index contributed by atoms with van der Waals surface area (Å²) in [4.78, 5) is 10.3. The van der Waals surface area contributed by atoms with E-state index in [4.69, 9.17) is 10.2 Å². The molecule has 0 radical (unpaired) electrons. The maximum atomic E-state index is 10.3. The van der Waals surface area contributed by atoms with Gasteiger partial charge in [0.15, 0.2) is 0 Å². The van der Waals surface area contributed by atoms with Gasteiger partial charge in [0.05, 0.1) is 6.10 Å². The molecule has 0 aliphatic rings. The van der Waals surface area contributed by atoms with Crippen molar-refractivity contribution in [3.05, 3.63) is 0 Å².